The molecule has 0 spiro atoms. The molecule has 2 rings (SSSR count). The molecule has 26 heavy (non-hydrogen) atoms. The lowest BCUT2D eigenvalue weighted by Crippen LogP contribution is -2.47. The van der Waals surface area contributed by atoms with Gasteiger partial charge in [0.25, 0.3) is 0 Å². The van der Waals surface area contributed by atoms with Gasteiger partial charge in [-0.15, -0.1) is 0 Å². The number of amides is 2. The largest absolute Gasteiger partial charge is 0.496 e. The van der Waals surface area contributed by atoms with E-state index in [1.807, 2.05) is 54.6 Å². The van der Waals surface area contributed by atoms with Gasteiger partial charge < -0.3 is 15.0 Å². The molecule has 1 atom stereocenters. The number of ether oxygens (including phenoxy) is 1. The van der Waals surface area contributed by atoms with Crippen molar-refractivity contribution in [2.24, 2.45) is 0 Å². The fourth-order valence-corrected chi connectivity index (χ4v) is 2.74. The Kier molecular flexibility index (Phi) is 7.21. The van der Waals surface area contributed by atoms with Crippen molar-refractivity contribution in [1.29, 1.82) is 0 Å². The van der Waals surface area contributed by atoms with Gasteiger partial charge >= 0.3 is 0 Å². The highest BCUT2D eigenvalue weighted by atomic mass is 16.5. The fraction of sp³-hybridized carbons (Fsp3) is 0.333. The number of carbonyl (C=O) groups excluding carboxylic acids is 2. The van der Waals surface area contributed by atoms with E-state index >= 15 is 0 Å². The Hall–Kier alpha value is -2.82. The zero-order valence-electron chi connectivity index (χ0n) is 15.6. The summed E-state index contributed by atoms with van der Waals surface area (Å²) in [5.41, 5.74) is 1.89. The van der Waals surface area contributed by atoms with Crippen molar-refractivity contribution in [3.8, 4) is 5.75 Å². The second kappa shape index (κ2) is 9.61. The van der Waals surface area contributed by atoms with Crippen molar-refractivity contribution in [2.45, 2.75) is 39.4 Å². The van der Waals surface area contributed by atoms with Crippen LogP contribution in [0.5, 0.6) is 5.75 Å². The normalized spacial score (nSPS) is 11.5. The van der Waals surface area contributed by atoms with Crippen LogP contribution in [0.15, 0.2) is 54.6 Å². The molecule has 2 aromatic rings. The van der Waals surface area contributed by atoms with Crippen molar-refractivity contribution in [2.75, 3.05) is 7.11 Å². The van der Waals surface area contributed by atoms with Crippen molar-refractivity contribution in [3.63, 3.8) is 0 Å². The molecule has 2 aromatic carbocycles. The van der Waals surface area contributed by atoms with Crippen LogP contribution >= 0.6 is 0 Å². The molecule has 0 heterocycles. The molecular weight excluding hydrogens is 328 g/mol. The maximum absolute atomic E-state index is 12.6. The van der Waals surface area contributed by atoms with Crippen LogP contribution in [0.4, 0.5) is 0 Å². The zero-order valence-corrected chi connectivity index (χ0v) is 15.6. The topological polar surface area (TPSA) is 58.6 Å². The quantitative estimate of drug-likeness (QED) is 0.792. The van der Waals surface area contributed by atoms with Gasteiger partial charge in [0, 0.05) is 25.1 Å². The number of benzene rings is 2. The van der Waals surface area contributed by atoms with Gasteiger partial charge in [0.05, 0.1) is 7.11 Å². The highest BCUT2D eigenvalue weighted by Crippen LogP contribution is 2.17. The molecule has 138 valence electrons. The van der Waals surface area contributed by atoms with Crippen LogP contribution in [0.25, 0.3) is 0 Å². The lowest BCUT2D eigenvalue weighted by molar-refractivity contribution is -0.140. The Balaban J connectivity index is 2.05. The molecule has 0 saturated heterocycles. The van der Waals surface area contributed by atoms with Gasteiger partial charge in [-0.2, -0.15) is 0 Å². The number of hydrogen-bond donors (Lipinski definition) is 1. The fourth-order valence-electron chi connectivity index (χ4n) is 2.74. The minimum atomic E-state index is -0.558. The molecule has 0 radical (unpaired) electrons. The van der Waals surface area contributed by atoms with E-state index in [1.54, 1.807) is 25.9 Å². The first-order chi connectivity index (χ1) is 12.6. The third kappa shape index (κ3) is 5.09. The highest BCUT2D eigenvalue weighted by molar-refractivity contribution is 5.87. The Labute approximate surface area is 155 Å². The molecule has 0 aliphatic rings. The Morgan fingerprint density at radius 3 is 2.38 bits per heavy atom. The lowest BCUT2D eigenvalue weighted by Gasteiger charge is -2.28. The smallest absolute Gasteiger partial charge is 0.242 e. The lowest BCUT2D eigenvalue weighted by atomic mass is 10.1. The van der Waals surface area contributed by atoms with Crippen molar-refractivity contribution >= 4 is 11.8 Å². The number of nitrogens with one attached hydrogen (secondary N) is 1. The molecule has 0 saturated carbocycles. The second-order valence-electron chi connectivity index (χ2n) is 6.07. The Bertz CT molecular complexity index is 731. The van der Waals surface area contributed by atoms with E-state index in [0.29, 0.717) is 19.5 Å². The maximum Gasteiger partial charge on any atom is 0.242 e. The van der Waals surface area contributed by atoms with Gasteiger partial charge in [-0.05, 0) is 18.6 Å². The van der Waals surface area contributed by atoms with Crippen LogP contribution in [0, 0.1) is 0 Å². The molecule has 0 aromatic heterocycles. The van der Waals surface area contributed by atoms with Crippen molar-refractivity contribution in [1.82, 2.24) is 10.2 Å². The summed E-state index contributed by atoms with van der Waals surface area (Å²) < 4.78 is 5.30. The third-order valence-electron chi connectivity index (χ3n) is 4.31. The predicted molar refractivity (Wildman–Crippen MR) is 102 cm³/mol. The monoisotopic (exact) mass is 354 g/mol. The maximum atomic E-state index is 12.6. The molecule has 1 unspecified atom stereocenters. The van der Waals surface area contributed by atoms with E-state index < -0.39 is 6.04 Å². The minimum Gasteiger partial charge on any atom is -0.496 e. The van der Waals surface area contributed by atoms with Crippen LogP contribution in [-0.4, -0.2) is 29.9 Å². The molecule has 0 bridgehead atoms. The Morgan fingerprint density at radius 2 is 1.73 bits per heavy atom. The second-order valence-corrected chi connectivity index (χ2v) is 6.07. The van der Waals surface area contributed by atoms with Crippen LogP contribution in [-0.2, 0) is 22.7 Å². The van der Waals surface area contributed by atoms with Crippen molar-refractivity contribution in [3.05, 3.63) is 65.7 Å². The van der Waals surface area contributed by atoms with Crippen LogP contribution in [0.2, 0.25) is 0 Å². The van der Waals surface area contributed by atoms with E-state index in [4.69, 9.17) is 4.74 Å². The molecule has 1 N–H and O–H groups in total. The Morgan fingerprint density at radius 1 is 1.08 bits per heavy atom. The van der Waals surface area contributed by atoms with Crippen LogP contribution in [0.3, 0.4) is 0 Å². The average Bonchev–Trinajstić information content (AvgIpc) is 2.70. The van der Waals surface area contributed by atoms with Crippen molar-refractivity contribution < 1.29 is 14.3 Å². The average molecular weight is 354 g/mol. The number of hydrogen-bond acceptors (Lipinski definition) is 3. The summed E-state index contributed by atoms with van der Waals surface area (Å²) in [4.78, 5) is 26.6. The molecule has 0 aliphatic heterocycles. The summed E-state index contributed by atoms with van der Waals surface area (Å²) in [7, 11) is 1.60. The molecular formula is C21H26N2O3. The molecule has 0 fully saturated rings. The summed E-state index contributed by atoms with van der Waals surface area (Å²) in [5, 5.41) is 2.91. The molecule has 2 amide bonds. The van der Waals surface area contributed by atoms with E-state index in [9.17, 15) is 9.59 Å². The third-order valence-corrected chi connectivity index (χ3v) is 4.31. The van der Waals surface area contributed by atoms with E-state index in [-0.39, 0.29) is 11.8 Å². The summed E-state index contributed by atoms with van der Waals surface area (Å²) in [6.45, 7) is 4.33. The van der Waals surface area contributed by atoms with Gasteiger partial charge in [-0.1, -0.05) is 55.5 Å². The highest BCUT2D eigenvalue weighted by Gasteiger charge is 2.25. The van der Waals surface area contributed by atoms with Gasteiger partial charge in [0.2, 0.25) is 11.8 Å². The SMILES string of the molecule is CCC(=O)N(Cc1ccccc1)C(C)C(=O)NCc1ccccc1OC. The van der Waals surface area contributed by atoms with Crippen LogP contribution in [0.1, 0.15) is 31.4 Å². The van der Waals surface area contributed by atoms with Gasteiger partial charge in [0.1, 0.15) is 11.8 Å². The molecule has 5 heteroatoms. The summed E-state index contributed by atoms with van der Waals surface area (Å²) >= 11 is 0. The zero-order chi connectivity index (χ0) is 18.9. The van der Waals surface area contributed by atoms with E-state index in [1.165, 1.54) is 0 Å². The first kappa shape index (κ1) is 19.5. The van der Waals surface area contributed by atoms with Gasteiger partial charge in [-0.3, -0.25) is 9.59 Å². The van der Waals surface area contributed by atoms with Crippen LogP contribution < -0.4 is 10.1 Å². The number of rotatable bonds is 8. The number of carbonyl (C=O) groups is 2. The first-order valence-electron chi connectivity index (χ1n) is 8.79. The van der Waals surface area contributed by atoms with Gasteiger partial charge in [-0.25, -0.2) is 0 Å². The summed E-state index contributed by atoms with van der Waals surface area (Å²) in [6, 6.07) is 16.7. The number of para-hydroxylation sites is 1. The predicted octanol–water partition coefficient (Wildman–Crippen LogP) is 3.14. The summed E-state index contributed by atoms with van der Waals surface area (Å²) in [6.07, 6.45) is 0.358. The summed E-state index contributed by atoms with van der Waals surface area (Å²) in [5.74, 6) is 0.494. The van der Waals surface area contributed by atoms with Gasteiger partial charge in [0.15, 0.2) is 0 Å². The number of methoxy groups -OCH3 is 1. The molecule has 0 aliphatic carbocycles. The standard InChI is InChI=1S/C21H26N2O3/c1-4-20(24)23(15-17-10-6-5-7-11-17)16(2)21(25)22-14-18-12-8-9-13-19(18)26-3/h5-13,16H,4,14-15H2,1-3H3,(H,22,25). The molecule has 5 nitrogen and oxygen atoms in total. The first-order valence-corrected chi connectivity index (χ1v) is 8.79. The van der Waals surface area contributed by atoms with E-state index in [2.05, 4.69) is 5.32 Å². The minimum absolute atomic E-state index is 0.0474. The van der Waals surface area contributed by atoms with E-state index in [0.717, 1.165) is 16.9 Å². The number of nitrogens with zero attached hydrogens (tertiary/aromatic N) is 1.